The van der Waals surface area contributed by atoms with Gasteiger partial charge in [-0.25, -0.2) is 0 Å². The van der Waals surface area contributed by atoms with Crippen LogP contribution >= 0.6 is 11.3 Å². The minimum absolute atomic E-state index is 0.106. The molecule has 1 saturated heterocycles. The van der Waals surface area contributed by atoms with Gasteiger partial charge in [0.1, 0.15) is 0 Å². The van der Waals surface area contributed by atoms with Gasteiger partial charge in [-0.2, -0.15) is 0 Å². The van der Waals surface area contributed by atoms with Gasteiger partial charge in [0.15, 0.2) is 0 Å². The Hall–Kier alpha value is -0.915. The third-order valence-corrected chi connectivity index (χ3v) is 4.21. The van der Waals surface area contributed by atoms with E-state index >= 15 is 0 Å². The molecule has 2 rings (SSSR count). The molecule has 0 aliphatic carbocycles. The van der Waals surface area contributed by atoms with Crippen LogP contribution in [0.15, 0.2) is 11.4 Å². The largest absolute Gasteiger partial charge is 0.495 e. The van der Waals surface area contributed by atoms with Crippen LogP contribution in [0, 0.1) is 10.1 Å². The fourth-order valence-corrected chi connectivity index (χ4v) is 2.26. The van der Waals surface area contributed by atoms with Crippen LogP contribution in [0.1, 0.15) is 27.7 Å². The standard InChI is InChI=1S/C10H14BNO4S/c1-9(2)10(3,4)16-11(15-9)7-5-8(12(13)14)17-6-7/h5-6H,1-4H3. The maximum atomic E-state index is 10.6. The van der Waals surface area contributed by atoms with Crippen molar-refractivity contribution in [3.05, 3.63) is 21.6 Å². The number of nitro groups is 1. The Labute approximate surface area is 104 Å². The van der Waals surface area contributed by atoms with Crippen molar-refractivity contribution in [2.75, 3.05) is 0 Å². The number of hydrogen-bond acceptors (Lipinski definition) is 5. The van der Waals surface area contributed by atoms with E-state index in [1.807, 2.05) is 27.7 Å². The number of nitrogens with zero attached hydrogens (tertiary/aromatic N) is 1. The molecule has 7 heteroatoms. The summed E-state index contributed by atoms with van der Waals surface area (Å²) in [6.45, 7) is 7.81. The Morgan fingerprint density at radius 3 is 2.24 bits per heavy atom. The lowest BCUT2D eigenvalue weighted by Gasteiger charge is -2.32. The van der Waals surface area contributed by atoms with Crippen molar-refractivity contribution in [2.24, 2.45) is 0 Å². The van der Waals surface area contributed by atoms with Crippen molar-refractivity contribution in [2.45, 2.75) is 38.9 Å². The molecule has 1 aromatic rings. The molecule has 17 heavy (non-hydrogen) atoms. The van der Waals surface area contributed by atoms with Crippen molar-refractivity contribution < 1.29 is 14.2 Å². The maximum Gasteiger partial charge on any atom is 0.495 e. The van der Waals surface area contributed by atoms with Crippen molar-refractivity contribution in [1.29, 1.82) is 0 Å². The molecule has 2 heterocycles. The summed E-state index contributed by atoms with van der Waals surface area (Å²) in [7, 11) is -0.523. The molecule has 0 aromatic carbocycles. The first kappa shape index (κ1) is 12.5. The minimum atomic E-state index is -0.523. The van der Waals surface area contributed by atoms with Gasteiger partial charge in [-0.3, -0.25) is 10.1 Å². The highest BCUT2D eigenvalue weighted by molar-refractivity contribution is 7.14. The van der Waals surface area contributed by atoms with Crippen LogP contribution in [0.3, 0.4) is 0 Å². The van der Waals surface area contributed by atoms with Crippen LogP contribution in [0.5, 0.6) is 0 Å². The molecule has 0 saturated carbocycles. The zero-order valence-corrected chi connectivity index (χ0v) is 11.0. The lowest BCUT2D eigenvalue weighted by molar-refractivity contribution is -0.380. The Morgan fingerprint density at radius 1 is 1.29 bits per heavy atom. The smallest absolute Gasteiger partial charge is 0.399 e. The average Bonchev–Trinajstić information content (AvgIpc) is 2.70. The average molecular weight is 255 g/mol. The van der Waals surface area contributed by atoms with Gasteiger partial charge in [0.25, 0.3) is 0 Å². The predicted octanol–water partition coefficient (Wildman–Crippen LogP) is 1.96. The third kappa shape index (κ3) is 2.10. The van der Waals surface area contributed by atoms with E-state index in [0.717, 1.165) is 11.3 Å². The molecular weight excluding hydrogens is 241 g/mol. The Morgan fingerprint density at radius 2 is 1.82 bits per heavy atom. The van der Waals surface area contributed by atoms with E-state index in [9.17, 15) is 10.1 Å². The van der Waals surface area contributed by atoms with E-state index in [4.69, 9.17) is 9.31 Å². The minimum Gasteiger partial charge on any atom is -0.399 e. The molecule has 5 nitrogen and oxygen atoms in total. The van der Waals surface area contributed by atoms with Gasteiger partial charge in [0.2, 0.25) is 0 Å². The molecule has 1 aliphatic heterocycles. The quantitative estimate of drug-likeness (QED) is 0.460. The molecule has 1 fully saturated rings. The summed E-state index contributed by atoms with van der Waals surface area (Å²) in [5.41, 5.74) is -0.136. The summed E-state index contributed by atoms with van der Waals surface area (Å²) in [6, 6.07) is 1.51. The van der Waals surface area contributed by atoms with Gasteiger partial charge in [-0.05, 0) is 33.1 Å². The lowest BCUT2D eigenvalue weighted by Crippen LogP contribution is -2.41. The first-order valence-corrected chi connectivity index (χ1v) is 6.19. The first-order chi connectivity index (χ1) is 7.73. The molecule has 0 unspecified atom stereocenters. The van der Waals surface area contributed by atoms with Crippen molar-refractivity contribution >= 4 is 28.9 Å². The van der Waals surface area contributed by atoms with Gasteiger partial charge in [-0.1, -0.05) is 11.3 Å². The second-order valence-corrected chi connectivity index (χ2v) is 5.95. The van der Waals surface area contributed by atoms with Gasteiger partial charge >= 0.3 is 12.1 Å². The number of rotatable bonds is 2. The second kappa shape index (κ2) is 3.79. The van der Waals surface area contributed by atoms with Crippen LogP contribution in [0.2, 0.25) is 0 Å². The molecule has 0 bridgehead atoms. The topological polar surface area (TPSA) is 61.6 Å². The van der Waals surface area contributed by atoms with Crippen molar-refractivity contribution in [3.8, 4) is 0 Å². The molecule has 0 spiro atoms. The molecule has 1 aromatic heterocycles. The van der Waals surface area contributed by atoms with Gasteiger partial charge < -0.3 is 9.31 Å². The summed E-state index contributed by atoms with van der Waals surface area (Å²) >= 11 is 1.09. The molecule has 1 aliphatic rings. The molecule has 0 atom stereocenters. The van der Waals surface area contributed by atoms with Crippen LogP contribution in [-0.2, 0) is 9.31 Å². The van der Waals surface area contributed by atoms with Crippen LogP contribution in [0.4, 0.5) is 5.00 Å². The second-order valence-electron chi connectivity index (χ2n) is 5.06. The monoisotopic (exact) mass is 255 g/mol. The van der Waals surface area contributed by atoms with Gasteiger partial charge in [0.05, 0.1) is 16.1 Å². The third-order valence-electron chi connectivity index (χ3n) is 3.31. The van der Waals surface area contributed by atoms with Gasteiger partial charge in [0, 0.05) is 11.5 Å². The Kier molecular flexibility index (Phi) is 2.80. The summed E-state index contributed by atoms with van der Waals surface area (Å²) in [4.78, 5) is 10.2. The molecule has 0 amide bonds. The van der Waals surface area contributed by atoms with E-state index < -0.39 is 23.2 Å². The first-order valence-electron chi connectivity index (χ1n) is 5.31. The number of hydrogen-bond donors (Lipinski definition) is 0. The summed E-state index contributed by atoms with van der Waals surface area (Å²) in [5.74, 6) is 0. The van der Waals surface area contributed by atoms with E-state index in [0.29, 0.717) is 5.46 Å². The zero-order valence-electron chi connectivity index (χ0n) is 10.2. The fourth-order valence-electron chi connectivity index (χ4n) is 1.54. The highest BCUT2D eigenvalue weighted by atomic mass is 32.1. The van der Waals surface area contributed by atoms with Crippen LogP contribution in [0.25, 0.3) is 0 Å². The number of thiophene rings is 1. The van der Waals surface area contributed by atoms with Gasteiger partial charge in [-0.15, -0.1) is 0 Å². The van der Waals surface area contributed by atoms with Crippen molar-refractivity contribution in [3.63, 3.8) is 0 Å². The van der Waals surface area contributed by atoms with Crippen LogP contribution < -0.4 is 5.46 Å². The fraction of sp³-hybridized carbons (Fsp3) is 0.600. The van der Waals surface area contributed by atoms with Crippen LogP contribution in [-0.4, -0.2) is 23.2 Å². The predicted molar refractivity (Wildman–Crippen MR) is 66.7 cm³/mol. The highest BCUT2D eigenvalue weighted by Crippen LogP contribution is 2.37. The molecule has 0 N–H and O–H groups in total. The lowest BCUT2D eigenvalue weighted by atomic mass is 9.81. The Bertz CT molecular complexity index is 441. The van der Waals surface area contributed by atoms with E-state index in [2.05, 4.69) is 0 Å². The summed E-state index contributed by atoms with van der Waals surface area (Å²) in [6.07, 6.45) is 0. The highest BCUT2D eigenvalue weighted by Gasteiger charge is 2.52. The van der Waals surface area contributed by atoms with E-state index in [1.165, 1.54) is 6.07 Å². The normalized spacial score (nSPS) is 21.8. The van der Waals surface area contributed by atoms with Crippen molar-refractivity contribution in [1.82, 2.24) is 0 Å². The summed E-state index contributed by atoms with van der Waals surface area (Å²) in [5, 5.41) is 12.4. The summed E-state index contributed by atoms with van der Waals surface area (Å²) < 4.78 is 11.6. The van der Waals surface area contributed by atoms with E-state index in [1.54, 1.807) is 5.38 Å². The van der Waals surface area contributed by atoms with E-state index in [-0.39, 0.29) is 5.00 Å². The molecular formula is C10H14BNO4S. The SMILES string of the molecule is CC1(C)OB(c2csc([N+](=O)[O-])c2)OC1(C)C. The molecule has 92 valence electrons. The zero-order chi connectivity index (χ0) is 12.8. The molecule has 0 radical (unpaired) electrons. The maximum absolute atomic E-state index is 10.6. The Balaban J connectivity index is 2.23.